The highest BCUT2D eigenvalue weighted by molar-refractivity contribution is 8.00. The van der Waals surface area contributed by atoms with Crippen molar-refractivity contribution in [3.63, 3.8) is 0 Å². The van der Waals surface area contributed by atoms with Gasteiger partial charge in [0, 0.05) is 29.1 Å². The van der Waals surface area contributed by atoms with Crippen LogP contribution in [-0.2, 0) is 6.54 Å². The van der Waals surface area contributed by atoms with Gasteiger partial charge in [0.1, 0.15) is 0 Å². The van der Waals surface area contributed by atoms with E-state index >= 15 is 0 Å². The molecule has 2 nitrogen and oxygen atoms in total. The minimum absolute atomic E-state index is 0.623. The Bertz CT molecular complexity index is 308. The Labute approximate surface area is 95.7 Å². The fraction of sp³-hybridized carbons (Fsp3) is 0.583. The molecule has 82 valence electrons. The molecule has 0 spiro atoms. The maximum Gasteiger partial charge on any atom is 0.0407 e. The monoisotopic (exact) mass is 222 g/mol. The van der Waals surface area contributed by atoms with E-state index in [4.69, 9.17) is 5.73 Å². The summed E-state index contributed by atoms with van der Waals surface area (Å²) >= 11 is 1.97. The standard InChI is InChI=1S/C12H18N2S/c13-8-10-6-7-14-9-12(10)15-11-4-2-1-3-5-11/h6-7,9,11H,1-5,8,13H2. The molecule has 1 saturated carbocycles. The van der Waals surface area contributed by atoms with Gasteiger partial charge in [0.25, 0.3) is 0 Å². The number of aromatic nitrogens is 1. The molecule has 0 saturated heterocycles. The van der Waals surface area contributed by atoms with Crippen molar-refractivity contribution >= 4 is 11.8 Å². The first-order valence-electron chi connectivity index (χ1n) is 5.70. The smallest absolute Gasteiger partial charge is 0.0407 e. The summed E-state index contributed by atoms with van der Waals surface area (Å²) < 4.78 is 0. The van der Waals surface area contributed by atoms with Crippen molar-refractivity contribution in [2.24, 2.45) is 5.73 Å². The number of rotatable bonds is 3. The third-order valence-corrected chi connectivity index (χ3v) is 4.36. The van der Waals surface area contributed by atoms with E-state index in [0.29, 0.717) is 6.54 Å². The molecule has 0 unspecified atom stereocenters. The molecule has 1 aromatic rings. The van der Waals surface area contributed by atoms with Crippen molar-refractivity contribution in [3.8, 4) is 0 Å². The van der Waals surface area contributed by atoms with E-state index in [-0.39, 0.29) is 0 Å². The van der Waals surface area contributed by atoms with Gasteiger partial charge >= 0.3 is 0 Å². The van der Waals surface area contributed by atoms with Crippen LogP contribution < -0.4 is 5.73 Å². The van der Waals surface area contributed by atoms with E-state index in [2.05, 4.69) is 4.98 Å². The molecule has 0 atom stereocenters. The molecule has 2 N–H and O–H groups in total. The van der Waals surface area contributed by atoms with Crippen LogP contribution in [0.4, 0.5) is 0 Å². The molecule has 1 aromatic heterocycles. The summed E-state index contributed by atoms with van der Waals surface area (Å²) in [5.41, 5.74) is 6.95. The second-order valence-electron chi connectivity index (χ2n) is 4.07. The van der Waals surface area contributed by atoms with Crippen molar-refractivity contribution < 1.29 is 0 Å². The molecule has 0 bridgehead atoms. The van der Waals surface area contributed by atoms with Gasteiger partial charge in [-0.05, 0) is 24.5 Å². The third-order valence-electron chi connectivity index (χ3n) is 2.94. The molecule has 0 radical (unpaired) electrons. The highest BCUT2D eigenvalue weighted by Gasteiger charge is 2.15. The average Bonchev–Trinajstić information content (AvgIpc) is 2.31. The molecule has 3 heteroatoms. The van der Waals surface area contributed by atoms with Crippen molar-refractivity contribution in [2.75, 3.05) is 0 Å². The molecule has 1 aliphatic carbocycles. The van der Waals surface area contributed by atoms with Crippen molar-refractivity contribution in [1.29, 1.82) is 0 Å². The van der Waals surface area contributed by atoms with Crippen LogP contribution in [0.3, 0.4) is 0 Å². The number of hydrogen-bond acceptors (Lipinski definition) is 3. The lowest BCUT2D eigenvalue weighted by Gasteiger charge is -2.21. The van der Waals surface area contributed by atoms with Gasteiger partial charge in [-0.3, -0.25) is 4.98 Å². The second kappa shape index (κ2) is 5.52. The Balaban J connectivity index is 2.02. The second-order valence-corrected chi connectivity index (χ2v) is 5.41. The topological polar surface area (TPSA) is 38.9 Å². The van der Waals surface area contributed by atoms with Gasteiger partial charge in [-0.25, -0.2) is 0 Å². The van der Waals surface area contributed by atoms with E-state index in [1.165, 1.54) is 42.6 Å². The number of nitrogens with zero attached hydrogens (tertiary/aromatic N) is 1. The van der Waals surface area contributed by atoms with Crippen LogP contribution in [0.25, 0.3) is 0 Å². The summed E-state index contributed by atoms with van der Waals surface area (Å²) in [4.78, 5) is 5.47. The van der Waals surface area contributed by atoms with Crippen LogP contribution in [0.1, 0.15) is 37.7 Å². The number of thioether (sulfide) groups is 1. The molecular weight excluding hydrogens is 204 g/mol. The summed E-state index contributed by atoms with van der Waals surface area (Å²) in [5.74, 6) is 0. The van der Waals surface area contributed by atoms with E-state index in [0.717, 1.165) is 5.25 Å². The fourth-order valence-electron chi connectivity index (χ4n) is 2.05. The van der Waals surface area contributed by atoms with Gasteiger partial charge < -0.3 is 5.73 Å². The molecule has 0 aliphatic heterocycles. The van der Waals surface area contributed by atoms with Crippen LogP contribution in [0.5, 0.6) is 0 Å². The number of pyridine rings is 1. The summed E-state index contributed by atoms with van der Waals surface area (Å²) in [6.45, 7) is 0.623. The quantitative estimate of drug-likeness (QED) is 0.854. The van der Waals surface area contributed by atoms with Crippen molar-refractivity contribution in [1.82, 2.24) is 4.98 Å². The Morgan fingerprint density at radius 3 is 2.87 bits per heavy atom. The van der Waals surface area contributed by atoms with Gasteiger partial charge in [0.15, 0.2) is 0 Å². The maximum atomic E-state index is 5.71. The maximum absolute atomic E-state index is 5.71. The lowest BCUT2D eigenvalue weighted by Crippen LogP contribution is -2.09. The predicted molar refractivity (Wildman–Crippen MR) is 64.9 cm³/mol. The Morgan fingerprint density at radius 2 is 2.13 bits per heavy atom. The zero-order valence-corrected chi connectivity index (χ0v) is 9.80. The molecule has 2 rings (SSSR count). The minimum atomic E-state index is 0.623. The molecule has 1 heterocycles. The van der Waals surface area contributed by atoms with Gasteiger partial charge in [0.05, 0.1) is 0 Å². The Hall–Kier alpha value is -0.540. The number of nitrogens with two attached hydrogens (primary N) is 1. The van der Waals surface area contributed by atoms with E-state index < -0.39 is 0 Å². The lowest BCUT2D eigenvalue weighted by molar-refractivity contribution is 0.516. The minimum Gasteiger partial charge on any atom is -0.326 e. The van der Waals surface area contributed by atoms with Crippen LogP contribution in [0, 0.1) is 0 Å². The fourth-order valence-corrected chi connectivity index (χ4v) is 3.40. The van der Waals surface area contributed by atoms with Crippen molar-refractivity contribution in [3.05, 3.63) is 24.0 Å². The molecule has 0 amide bonds. The van der Waals surface area contributed by atoms with E-state index in [1.807, 2.05) is 30.2 Å². The van der Waals surface area contributed by atoms with E-state index in [9.17, 15) is 0 Å². The average molecular weight is 222 g/mol. The summed E-state index contributed by atoms with van der Waals surface area (Å²) in [6.07, 6.45) is 10.7. The first kappa shape index (κ1) is 11.0. The molecule has 15 heavy (non-hydrogen) atoms. The van der Waals surface area contributed by atoms with Crippen LogP contribution >= 0.6 is 11.8 Å². The molecule has 1 aliphatic rings. The molecular formula is C12H18N2S. The first-order chi connectivity index (χ1) is 7.40. The first-order valence-corrected chi connectivity index (χ1v) is 6.57. The van der Waals surface area contributed by atoms with Crippen LogP contribution in [0.15, 0.2) is 23.4 Å². The summed E-state index contributed by atoms with van der Waals surface area (Å²) in [7, 11) is 0. The highest BCUT2D eigenvalue weighted by Crippen LogP contribution is 2.34. The van der Waals surface area contributed by atoms with Crippen molar-refractivity contribution in [2.45, 2.75) is 48.8 Å². The van der Waals surface area contributed by atoms with E-state index in [1.54, 1.807) is 0 Å². The zero-order chi connectivity index (χ0) is 10.5. The largest absolute Gasteiger partial charge is 0.326 e. The summed E-state index contributed by atoms with van der Waals surface area (Å²) in [5, 5.41) is 0.785. The van der Waals surface area contributed by atoms with Gasteiger partial charge in [-0.15, -0.1) is 11.8 Å². The number of hydrogen-bond donors (Lipinski definition) is 1. The Morgan fingerprint density at radius 1 is 1.33 bits per heavy atom. The van der Waals surface area contributed by atoms with Gasteiger partial charge in [0.2, 0.25) is 0 Å². The molecule has 0 aromatic carbocycles. The zero-order valence-electron chi connectivity index (χ0n) is 8.98. The van der Waals surface area contributed by atoms with Gasteiger partial charge in [-0.2, -0.15) is 0 Å². The highest BCUT2D eigenvalue weighted by atomic mass is 32.2. The SMILES string of the molecule is NCc1ccncc1SC1CCCCC1. The normalized spacial score (nSPS) is 17.9. The lowest BCUT2D eigenvalue weighted by atomic mass is 10.0. The van der Waals surface area contributed by atoms with Gasteiger partial charge in [-0.1, -0.05) is 19.3 Å². The summed E-state index contributed by atoms with van der Waals surface area (Å²) in [6, 6.07) is 2.03. The third kappa shape index (κ3) is 2.95. The van der Waals surface area contributed by atoms with Crippen LogP contribution in [0.2, 0.25) is 0 Å². The molecule has 1 fully saturated rings. The van der Waals surface area contributed by atoms with Crippen LogP contribution in [-0.4, -0.2) is 10.2 Å². The Kier molecular flexibility index (Phi) is 4.03. The predicted octanol–water partition coefficient (Wildman–Crippen LogP) is 2.97.